The van der Waals surface area contributed by atoms with Crippen LogP contribution in [0.5, 0.6) is 0 Å². The van der Waals surface area contributed by atoms with E-state index in [-0.39, 0.29) is 6.54 Å². The lowest BCUT2D eigenvalue weighted by Gasteiger charge is -2.29. The molecule has 0 amide bonds. The molecular weight excluding hydrogens is 399 g/mol. The number of alkyl halides is 3. The molecule has 3 rings (SSSR count). The zero-order chi connectivity index (χ0) is 21.9. The van der Waals surface area contributed by atoms with Crippen molar-refractivity contribution in [3.05, 3.63) is 36.2 Å². The second-order valence-electron chi connectivity index (χ2n) is 7.58. The topological polar surface area (TPSA) is 83.5 Å². The number of aliphatic hydroxyl groups is 1. The van der Waals surface area contributed by atoms with Crippen molar-refractivity contribution >= 4 is 5.96 Å². The maximum atomic E-state index is 13.7. The van der Waals surface area contributed by atoms with Crippen LogP contribution in [-0.2, 0) is 19.7 Å². The van der Waals surface area contributed by atoms with Gasteiger partial charge >= 0.3 is 6.18 Å². The number of hydrogen-bond donors (Lipinski definition) is 2. The van der Waals surface area contributed by atoms with Gasteiger partial charge in [-0.3, -0.25) is 9.67 Å². The molecule has 0 aliphatic carbocycles. The highest BCUT2D eigenvalue weighted by Gasteiger charge is 2.57. The van der Waals surface area contributed by atoms with Gasteiger partial charge in [0, 0.05) is 71.2 Å². The van der Waals surface area contributed by atoms with Crippen molar-refractivity contribution in [1.82, 2.24) is 29.5 Å². The molecule has 1 aliphatic heterocycles. The molecule has 0 spiro atoms. The number of guanidine groups is 1. The lowest BCUT2D eigenvalue weighted by Crippen LogP contribution is -2.45. The highest BCUT2D eigenvalue weighted by molar-refractivity contribution is 5.80. The van der Waals surface area contributed by atoms with Gasteiger partial charge in [-0.2, -0.15) is 18.3 Å². The Morgan fingerprint density at radius 3 is 2.70 bits per heavy atom. The van der Waals surface area contributed by atoms with Gasteiger partial charge in [0.2, 0.25) is 5.60 Å². The van der Waals surface area contributed by atoms with E-state index in [0.717, 1.165) is 18.5 Å². The summed E-state index contributed by atoms with van der Waals surface area (Å²) in [5.74, 6) is 0.406. The van der Waals surface area contributed by atoms with Crippen LogP contribution >= 0.6 is 0 Å². The molecule has 0 saturated carbocycles. The van der Waals surface area contributed by atoms with E-state index in [4.69, 9.17) is 0 Å². The van der Waals surface area contributed by atoms with Crippen molar-refractivity contribution in [3.8, 4) is 0 Å². The summed E-state index contributed by atoms with van der Waals surface area (Å²) >= 11 is 0. The van der Waals surface area contributed by atoms with Gasteiger partial charge in [-0.05, 0) is 18.9 Å². The first kappa shape index (κ1) is 22.1. The van der Waals surface area contributed by atoms with E-state index in [1.165, 1.54) is 24.0 Å². The number of imidazole rings is 1. The van der Waals surface area contributed by atoms with E-state index in [9.17, 15) is 18.3 Å². The number of aliphatic imine (C=N–C) groups is 1. The fourth-order valence-electron chi connectivity index (χ4n) is 3.77. The predicted molar refractivity (Wildman–Crippen MR) is 106 cm³/mol. The number of rotatable bonds is 6. The van der Waals surface area contributed by atoms with Crippen LogP contribution in [0.2, 0.25) is 0 Å². The maximum Gasteiger partial charge on any atom is 0.424 e. The molecule has 0 aromatic carbocycles. The van der Waals surface area contributed by atoms with Gasteiger partial charge < -0.3 is 19.9 Å². The molecule has 2 aromatic rings. The predicted octanol–water partition coefficient (Wildman–Crippen LogP) is 1.75. The number of halogens is 3. The quantitative estimate of drug-likeness (QED) is 0.542. The zero-order valence-corrected chi connectivity index (χ0v) is 17.4. The molecule has 1 aliphatic rings. The second kappa shape index (κ2) is 8.66. The number of aromatic nitrogens is 4. The largest absolute Gasteiger partial charge is 0.424 e. The molecular formula is C19H28F3N7O. The van der Waals surface area contributed by atoms with Crippen LogP contribution in [0.4, 0.5) is 13.2 Å². The normalized spacial score (nSPS) is 19.9. The summed E-state index contributed by atoms with van der Waals surface area (Å²) in [6.07, 6.45) is 1.87. The monoisotopic (exact) mass is 427 g/mol. The van der Waals surface area contributed by atoms with Crippen LogP contribution in [-0.4, -0.2) is 67.7 Å². The summed E-state index contributed by atoms with van der Waals surface area (Å²) in [5, 5.41) is 17.8. The molecule has 8 nitrogen and oxygen atoms in total. The van der Waals surface area contributed by atoms with Crippen LogP contribution < -0.4 is 5.32 Å². The summed E-state index contributed by atoms with van der Waals surface area (Å²) in [7, 11) is 3.29. The van der Waals surface area contributed by atoms with E-state index in [2.05, 4.69) is 20.4 Å². The second-order valence-corrected chi connectivity index (χ2v) is 7.58. The molecule has 1 fully saturated rings. The molecule has 11 heteroatoms. The first-order valence-corrected chi connectivity index (χ1v) is 9.94. The standard InChI is InChI=1S/C19H28F3N7O/c1-4-23-17(29-9-5-14(13-29)15-11-26-28(3)12-15)25-7-6-18(30,19(20,21)22)16-24-8-10-27(16)2/h8,10-12,14,30H,4-7,9,13H2,1-3H3,(H,23,25). The minimum Gasteiger partial charge on any atom is -0.374 e. The van der Waals surface area contributed by atoms with Crippen LogP contribution in [0.15, 0.2) is 29.8 Å². The van der Waals surface area contributed by atoms with Crippen molar-refractivity contribution in [2.45, 2.75) is 37.5 Å². The Hall–Kier alpha value is -2.56. The van der Waals surface area contributed by atoms with Crippen LogP contribution in [0, 0.1) is 0 Å². The smallest absolute Gasteiger partial charge is 0.374 e. The maximum absolute atomic E-state index is 13.7. The number of nitrogens with one attached hydrogen (secondary N) is 1. The van der Waals surface area contributed by atoms with Crippen molar-refractivity contribution in [2.75, 3.05) is 26.2 Å². The molecule has 2 unspecified atom stereocenters. The third kappa shape index (κ3) is 4.45. The Balaban J connectivity index is 1.72. The van der Waals surface area contributed by atoms with E-state index >= 15 is 0 Å². The van der Waals surface area contributed by atoms with Crippen molar-refractivity contribution < 1.29 is 18.3 Å². The first-order valence-electron chi connectivity index (χ1n) is 9.94. The Morgan fingerprint density at radius 2 is 2.13 bits per heavy atom. The molecule has 2 aromatic heterocycles. The van der Waals surface area contributed by atoms with Gasteiger partial charge in [-0.15, -0.1) is 0 Å². The fourth-order valence-corrected chi connectivity index (χ4v) is 3.77. The minimum absolute atomic E-state index is 0.195. The van der Waals surface area contributed by atoms with E-state index < -0.39 is 24.0 Å². The molecule has 30 heavy (non-hydrogen) atoms. The molecule has 2 atom stereocenters. The first-order chi connectivity index (χ1) is 14.2. The number of nitrogens with zero attached hydrogens (tertiary/aromatic N) is 6. The number of hydrogen-bond acceptors (Lipinski definition) is 4. The van der Waals surface area contributed by atoms with Crippen LogP contribution in [0.3, 0.4) is 0 Å². The van der Waals surface area contributed by atoms with Gasteiger partial charge in [0.15, 0.2) is 5.96 Å². The molecule has 166 valence electrons. The molecule has 0 bridgehead atoms. The summed E-state index contributed by atoms with van der Waals surface area (Å²) in [4.78, 5) is 10.1. The minimum atomic E-state index is -4.86. The van der Waals surface area contributed by atoms with Gasteiger partial charge in [0.1, 0.15) is 5.82 Å². The Morgan fingerprint density at radius 1 is 1.37 bits per heavy atom. The average Bonchev–Trinajstić information content (AvgIpc) is 3.40. The summed E-state index contributed by atoms with van der Waals surface area (Å²) in [6, 6.07) is 0. The summed E-state index contributed by atoms with van der Waals surface area (Å²) in [5.41, 5.74) is -1.92. The SMILES string of the molecule is CCNC(=NCCC(O)(c1nccn1C)C(F)(F)F)N1CCC(c2cnn(C)c2)C1. The highest BCUT2D eigenvalue weighted by Crippen LogP contribution is 2.40. The summed E-state index contributed by atoms with van der Waals surface area (Å²) < 4.78 is 44.0. The van der Waals surface area contributed by atoms with Crippen molar-refractivity contribution in [1.29, 1.82) is 0 Å². The lowest BCUT2D eigenvalue weighted by molar-refractivity contribution is -0.272. The van der Waals surface area contributed by atoms with Crippen molar-refractivity contribution in [2.24, 2.45) is 19.1 Å². The molecule has 3 heterocycles. The van der Waals surface area contributed by atoms with Crippen LogP contribution in [0.1, 0.15) is 37.1 Å². The lowest BCUT2D eigenvalue weighted by atomic mass is 9.98. The van der Waals surface area contributed by atoms with E-state index in [1.807, 2.05) is 31.3 Å². The zero-order valence-electron chi connectivity index (χ0n) is 17.4. The van der Waals surface area contributed by atoms with Crippen molar-refractivity contribution in [3.63, 3.8) is 0 Å². The Kier molecular flexibility index (Phi) is 6.39. The van der Waals surface area contributed by atoms with Gasteiger partial charge in [0.25, 0.3) is 0 Å². The third-order valence-electron chi connectivity index (χ3n) is 5.41. The number of likely N-dealkylation sites (tertiary alicyclic amines) is 1. The number of aryl methyl sites for hydroxylation is 2. The van der Waals surface area contributed by atoms with Gasteiger partial charge in [0.05, 0.1) is 6.20 Å². The highest BCUT2D eigenvalue weighted by atomic mass is 19.4. The molecule has 1 saturated heterocycles. The Bertz CT molecular complexity index is 876. The summed E-state index contributed by atoms with van der Waals surface area (Å²) in [6.45, 7) is 3.76. The van der Waals surface area contributed by atoms with Gasteiger partial charge in [-0.25, -0.2) is 4.98 Å². The third-order valence-corrected chi connectivity index (χ3v) is 5.41. The van der Waals surface area contributed by atoms with E-state index in [1.54, 1.807) is 4.68 Å². The fraction of sp³-hybridized carbons (Fsp3) is 0.632. The average molecular weight is 427 g/mol. The van der Waals surface area contributed by atoms with Crippen LogP contribution in [0.25, 0.3) is 0 Å². The molecule has 0 radical (unpaired) electrons. The van der Waals surface area contributed by atoms with Gasteiger partial charge in [-0.1, -0.05) is 0 Å². The van der Waals surface area contributed by atoms with E-state index in [0.29, 0.717) is 25.0 Å². The Labute approximate surface area is 173 Å². The molecule has 2 N–H and O–H groups in total.